The van der Waals surface area contributed by atoms with Crippen LogP contribution >= 0.6 is 0 Å². The molecule has 1 aromatic carbocycles. The van der Waals surface area contributed by atoms with E-state index < -0.39 is 11.5 Å². The molecule has 0 amide bonds. The fraction of sp³-hybridized carbons (Fsp3) is 0.333. The first-order valence-corrected chi connectivity index (χ1v) is 5.48. The molecule has 1 aromatic rings. The second-order valence-electron chi connectivity index (χ2n) is 3.56. The summed E-state index contributed by atoms with van der Waals surface area (Å²) in [6.45, 7) is 0.336. The van der Waals surface area contributed by atoms with Crippen molar-refractivity contribution < 1.29 is 23.2 Å². The minimum absolute atomic E-state index is 0.0648. The van der Waals surface area contributed by atoms with E-state index in [1.165, 1.54) is 31.2 Å². The van der Waals surface area contributed by atoms with Gasteiger partial charge in [-0.15, -0.1) is 0 Å². The van der Waals surface area contributed by atoms with E-state index >= 15 is 0 Å². The molecule has 104 valence electrons. The summed E-state index contributed by atoms with van der Waals surface area (Å²) in [7, 11) is 0. The number of halogens is 2. The second-order valence-corrected chi connectivity index (χ2v) is 3.56. The highest BCUT2D eigenvalue weighted by molar-refractivity contribution is 5.56. The van der Waals surface area contributed by atoms with Crippen molar-refractivity contribution in [3.05, 3.63) is 39.6 Å². The summed E-state index contributed by atoms with van der Waals surface area (Å²) < 4.78 is 33.8. The standard InChI is InChI=1S/C12H13F2NO4/c1-3-18-11-7-9(6-8(2)15(16)17)4-5-10(11)19-12(13)14/h4-7,12H,3H2,1-2H3/b8-6-. The molecule has 5 nitrogen and oxygen atoms in total. The van der Waals surface area contributed by atoms with Gasteiger partial charge in [0.15, 0.2) is 11.5 Å². The summed E-state index contributed by atoms with van der Waals surface area (Å²) in [5.74, 6) is 0.0143. The van der Waals surface area contributed by atoms with E-state index in [1.54, 1.807) is 6.92 Å². The molecule has 0 fully saturated rings. The van der Waals surface area contributed by atoms with Gasteiger partial charge in [-0.1, -0.05) is 6.07 Å². The number of nitro groups is 1. The summed E-state index contributed by atoms with van der Waals surface area (Å²) in [5.41, 5.74) is 0.407. The van der Waals surface area contributed by atoms with Gasteiger partial charge < -0.3 is 9.47 Å². The van der Waals surface area contributed by atoms with E-state index in [-0.39, 0.29) is 23.8 Å². The SMILES string of the molecule is CCOc1cc(/C=C(/C)[N+](=O)[O-])ccc1OC(F)F. The molecule has 0 heterocycles. The minimum atomic E-state index is -2.96. The lowest BCUT2D eigenvalue weighted by Gasteiger charge is -2.11. The number of nitrogens with zero attached hydrogens (tertiary/aromatic N) is 1. The number of benzene rings is 1. The Morgan fingerprint density at radius 3 is 2.68 bits per heavy atom. The van der Waals surface area contributed by atoms with Crippen molar-refractivity contribution in [3.63, 3.8) is 0 Å². The van der Waals surface area contributed by atoms with Gasteiger partial charge in [0.2, 0.25) is 5.70 Å². The second kappa shape index (κ2) is 6.67. The largest absolute Gasteiger partial charge is 0.490 e. The van der Waals surface area contributed by atoms with Gasteiger partial charge in [-0.3, -0.25) is 10.1 Å². The van der Waals surface area contributed by atoms with Gasteiger partial charge in [-0.25, -0.2) is 0 Å². The van der Waals surface area contributed by atoms with Crippen molar-refractivity contribution in [3.8, 4) is 11.5 Å². The van der Waals surface area contributed by atoms with Gasteiger partial charge in [0.1, 0.15) is 0 Å². The molecule has 0 unspecified atom stereocenters. The van der Waals surface area contributed by atoms with Crippen LogP contribution in [0.15, 0.2) is 23.9 Å². The molecule has 0 N–H and O–H groups in total. The Balaban J connectivity index is 3.08. The van der Waals surface area contributed by atoms with Crippen molar-refractivity contribution >= 4 is 6.08 Å². The lowest BCUT2D eigenvalue weighted by atomic mass is 10.1. The molecule has 7 heteroatoms. The van der Waals surface area contributed by atoms with Crippen molar-refractivity contribution in [1.29, 1.82) is 0 Å². The maximum absolute atomic E-state index is 12.2. The average Bonchev–Trinajstić information content (AvgIpc) is 2.32. The highest BCUT2D eigenvalue weighted by Gasteiger charge is 2.12. The number of rotatable bonds is 6. The Kier molecular flexibility index (Phi) is 5.23. The van der Waals surface area contributed by atoms with Gasteiger partial charge in [0, 0.05) is 13.0 Å². The monoisotopic (exact) mass is 273 g/mol. The summed E-state index contributed by atoms with van der Waals surface area (Å²) in [4.78, 5) is 9.97. The Hall–Kier alpha value is -2.18. The van der Waals surface area contributed by atoms with Crippen LogP contribution in [0.3, 0.4) is 0 Å². The van der Waals surface area contributed by atoms with Crippen LogP contribution in [-0.4, -0.2) is 18.1 Å². The summed E-state index contributed by atoms with van der Waals surface area (Å²) in [6.07, 6.45) is 1.31. The van der Waals surface area contributed by atoms with Crippen LogP contribution in [-0.2, 0) is 0 Å². The third-order valence-corrected chi connectivity index (χ3v) is 2.15. The molecule has 0 aromatic heterocycles. The predicted octanol–water partition coefficient (Wildman–Crippen LogP) is 3.32. The number of ether oxygens (including phenoxy) is 2. The van der Waals surface area contributed by atoms with Crippen LogP contribution in [0.2, 0.25) is 0 Å². The third kappa shape index (κ3) is 4.53. The molecule has 0 bridgehead atoms. The van der Waals surface area contributed by atoms with Crippen LogP contribution in [0.5, 0.6) is 11.5 Å². The van der Waals surface area contributed by atoms with Crippen molar-refractivity contribution in [2.45, 2.75) is 20.5 Å². The molecule has 0 aliphatic heterocycles. The van der Waals surface area contributed by atoms with E-state index in [9.17, 15) is 18.9 Å². The first-order valence-electron chi connectivity index (χ1n) is 5.48. The zero-order valence-corrected chi connectivity index (χ0v) is 10.4. The molecule has 0 aliphatic carbocycles. The van der Waals surface area contributed by atoms with E-state index in [1.807, 2.05) is 0 Å². The molecule has 0 spiro atoms. The number of hydrogen-bond donors (Lipinski definition) is 0. The Labute approximate surface area is 108 Å². The molecule has 19 heavy (non-hydrogen) atoms. The van der Waals surface area contributed by atoms with Crippen LogP contribution < -0.4 is 9.47 Å². The van der Waals surface area contributed by atoms with Crippen molar-refractivity contribution in [2.75, 3.05) is 6.61 Å². The Bertz CT molecular complexity index is 489. The highest BCUT2D eigenvalue weighted by Crippen LogP contribution is 2.30. The third-order valence-electron chi connectivity index (χ3n) is 2.15. The molecule has 0 saturated carbocycles. The molecular weight excluding hydrogens is 260 g/mol. The number of allylic oxidation sites excluding steroid dienone is 1. The normalized spacial score (nSPS) is 11.5. The number of alkyl halides is 2. The van der Waals surface area contributed by atoms with Gasteiger partial charge in [0.25, 0.3) is 0 Å². The van der Waals surface area contributed by atoms with Crippen LogP contribution in [0.25, 0.3) is 6.08 Å². The zero-order chi connectivity index (χ0) is 14.4. The predicted molar refractivity (Wildman–Crippen MR) is 64.9 cm³/mol. The first-order chi connectivity index (χ1) is 8.93. The number of hydrogen-bond acceptors (Lipinski definition) is 4. The van der Waals surface area contributed by atoms with Crippen LogP contribution in [0.4, 0.5) is 8.78 Å². The van der Waals surface area contributed by atoms with E-state index in [2.05, 4.69) is 4.74 Å². The highest BCUT2D eigenvalue weighted by atomic mass is 19.3. The summed E-state index contributed by atoms with van der Waals surface area (Å²) in [5, 5.41) is 10.5. The molecule has 0 atom stereocenters. The van der Waals surface area contributed by atoms with Gasteiger partial charge in [-0.2, -0.15) is 8.78 Å². The lowest BCUT2D eigenvalue weighted by Crippen LogP contribution is -2.04. The summed E-state index contributed by atoms with van der Waals surface area (Å²) >= 11 is 0. The fourth-order valence-electron chi connectivity index (χ4n) is 1.37. The van der Waals surface area contributed by atoms with Gasteiger partial charge in [-0.05, 0) is 24.6 Å². The minimum Gasteiger partial charge on any atom is -0.490 e. The van der Waals surface area contributed by atoms with Gasteiger partial charge >= 0.3 is 6.61 Å². The smallest absolute Gasteiger partial charge is 0.387 e. The van der Waals surface area contributed by atoms with E-state index in [0.717, 1.165) is 0 Å². The molecule has 0 saturated heterocycles. The quantitative estimate of drug-likeness (QED) is 0.589. The maximum Gasteiger partial charge on any atom is 0.387 e. The molecule has 0 radical (unpaired) electrons. The lowest BCUT2D eigenvalue weighted by molar-refractivity contribution is -0.422. The first kappa shape index (κ1) is 14.9. The maximum atomic E-state index is 12.2. The summed E-state index contributed by atoms with van der Waals surface area (Å²) in [6, 6.07) is 4.14. The fourth-order valence-corrected chi connectivity index (χ4v) is 1.37. The topological polar surface area (TPSA) is 61.6 Å². The van der Waals surface area contributed by atoms with E-state index in [4.69, 9.17) is 4.74 Å². The molecule has 1 rings (SSSR count). The van der Waals surface area contributed by atoms with Gasteiger partial charge in [0.05, 0.1) is 11.5 Å². The average molecular weight is 273 g/mol. The van der Waals surface area contributed by atoms with Crippen molar-refractivity contribution in [1.82, 2.24) is 0 Å². The van der Waals surface area contributed by atoms with Crippen molar-refractivity contribution in [2.24, 2.45) is 0 Å². The van der Waals surface area contributed by atoms with Crippen LogP contribution in [0, 0.1) is 10.1 Å². The molecule has 0 aliphatic rings. The Morgan fingerprint density at radius 2 is 2.16 bits per heavy atom. The zero-order valence-electron chi connectivity index (χ0n) is 10.4. The molecular formula is C12H13F2NO4. The van der Waals surface area contributed by atoms with E-state index in [0.29, 0.717) is 5.56 Å². The van der Waals surface area contributed by atoms with Crippen LogP contribution in [0.1, 0.15) is 19.4 Å². The Morgan fingerprint density at radius 1 is 1.47 bits per heavy atom.